The lowest BCUT2D eigenvalue weighted by atomic mass is 10.0. The molecule has 0 aliphatic carbocycles. The van der Waals surface area contributed by atoms with Gasteiger partial charge in [-0.15, -0.1) is 0 Å². The average Bonchev–Trinajstić information content (AvgIpc) is 2.68. The summed E-state index contributed by atoms with van der Waals surface area (Å²) in [6, 6.07) is 9.49. The molecule has 0 spiro atoms. The zero-order valence-corrected chi connectivity index (χ0v) is 15.8. The molecule has 0 aliphatic heterocycles. The van der Waals surface area contributed by atoms with Crippen LogP contribution in [0.2, 0.25) is 0 Å². The highest BCUT2D eigenvalue weighted by molar-refractivity contribution is 5.91. The first-order valence-corrected chi connectivity index (χ1v) is 8.82. The molecular formula is C20H27N3O3. The number of ether oxygens (including phenoxy) is 2. The molecular weight excluding hydrogens is 330 g/mol. The number of carbonyl (C=O) groups is 1. The van der Waals surface area contributed by atoms with Gasteiger partial charge < -0.3 is 20.1 Å². The van der Waals surface area contributed by atoms with E-state index in [1.54, 1.807) is 26.5 Å². The number of methoxy groups -OCH3 is 2. The molecule has 0 unspecified atom stereocenters. The maximum atomic E-state index is 12.1. The van der Waals surface area contributed by atoms with Crippen LogP contribution in [0.15, 0.2) is 36.5 Å². The maximum absolute atomic E-state index is 12.1. The molecule has 2 aromatic rings. The van der Waals surface area contributed by atoms with Crippen LogP contribution >= 0.6 is 0 Å². The lowest BCUT2D eigenvalue weighted by molar-refractivity contribution is -0.120. The number of carbonyl (C=O) groups excluding carboxylic acids is 1. The number of pyridine rings is 1. The Labute approximate surface area is 154 Å². The summed E-state index contributed by atoms with van der Waals surface area (Å²) in [6.45, 7) is 4.66. The van der Waals surface area contributed by atoms with Crippen molar-refractivity contribution in [3.8, 4) is 11.5 Å². The topological polar surface area (TPSA) is 72.5 Å². The minimum Gasteiger partial charge on any atom is -0.493 e. The number of hydrogen-bond acceptors (Lipinski definition) is 5. The molecule has 0 saturated carbocycles. The highest BCUT2D eigenvalue weighted by Crippen LogP contribution is 2.27. The summed E-state index contributed by atoms with van der Waals surface area (Å²) < 4.78 is 10.6. The molecule has 26 heavy (non-hydrogen) atoms. The number of anilines is 2. The van der Waals surface area contributed by atoms with Gasteiger partial charge in [0, 0.05) is 12.5 Å². The van der Waals surface area contributed by atoms with Crippen LogP contribution in [0.25, 0.3) is 0 Å². The molecule has 1 aromatic carbocycles. The van der Waals surface area contributed by atoms with Crippen LogP contribution in [-0.4, -0.2) is 25.1 Å². The Morgan fingerprint density at radius 1 is 1.08 bits per heavy atom. The monoisotopic (exact) mass is 357 g/mol. The van der Waals surface area contributed by atoms with Crippen LogP contribution in [0.4, 0.5) is 11.5 Å². The number of aromatic nitrogens is 1. The van der Waals surface area contributed by atoms with Gasteiger partial charge in [0.25, 0.3) is 0 Å². The summed E-state index contributed by atoms with van der Waals surface area (Å²) in [4.78, 5) is 16.4. The standard InChI is InChI=1S/C20H27N3O3/c1-5-15(6-2)20(24)23-19-10-8-16(13-22-19)21-12-14-7-9-17(25-3)18(11-14)26-4/h7-11,13,15,21H,5-6,12H2,1-4H3,(H,22,23,24). The third-order valence-electron chi connectivity index (χ3n) is 4.32. The average molecular weight is 357 g/mol. The molecule has 0 atom stereocenters. The summed E-state index contributed by atoms with van der Waals surface area (Å²) in [5.74, 6) is 2.02. The Bertz CT molecular complexity index is 713. The van der Waals surface area contributed by atoms with Crippen LogP contribution in [0.5, 0.6) is 11.5 Å². The first-order valence-electron chi connectivity index (χ1n) is 8.82. The number of nitrogens with zero attached hydrogens (tertiary/aromatic N) is 1. The van der Waals surface area contributed by atoms with Crippen molar-refractivity contribution in [1.82, 2.24) is 4.98 Å². The summed E-state index contributed by atoms with van der Waals surface area (Å²) in [5.41, 5.74) is 1.94. The second kappa shape index (κ2) is 9.65. The van der Waals surface area contributed by atoms with E-state index in [9.17, 15) is 4.79 Å². The molecule has 0 bridgehead atoms. The molecule has 0 radical (unpaired) electrons. The predicted octanol–water partition coefficient (Wildman–Crippen LogP) is 4.09. The molecule has 1 aromatic heterocycles. The quantitative estimate of drug-likeness (QED) is 0.707. The van der Waals surface area contributed by atoms with E-state index in [0.29, 0.717) is 23.9 Å². The van der Waals surface area contributed by atoms with E-state index >= 15 is 0 Å². The van der Waals surface area contributed by atoms with Crippen molar-refractivity contribution in [3.63, 3.8) is 0 Å². The fourth-order valence-corrected chi connectivity index (χ4v) is 2.65. The lowest BCUT2D eigenvalue weighted by Gasteiger charge is -2.13. The third kappa shape index (κ3) is 5.12. The van der Waals surface area contributed by atoms with E-state index in [1.165, 1.54) is 0 Å². The van der Waals surface area contributed by atoms with E-state index in [0.717, 1.165) is 24.1 Å². The number of amides is 1. The third-order valence-corrected chi connectivity index (χ3v) is 4.32. The summed E-state index contributed by atoms with van der Waals surface area (Å²) >= 11 is 0. The fraction of sp³-hybridized carbons (Fsp3) is 0.400. The van der Waals surface area contributed by atoms with Crippen molar-refractivity contribution in [3.05, 3.63) is 42.1 Å². The maximum Gasteiger partial charge on any atom is 0.228 e. The molecule has 0 aliphatic rings. The van der Waals surface area contributed by atoms with Crippen molar-refractivity contribution < 1.29 is 14.3 Å². The van der Waals surface area contributed by atoms with Crippen molar-refractivity contribution in [2.45, 2.75) is 33.2 Å². The first kappa shape index (κ1) is 19.6. The predicted molar refractivity (Wildman–Crippen MR) is 104 cm³/mol. The van der Waals surface area contributed by atoms with Gasteiger partial charge in [-0.25, -0.2) is 4.98 Å². The molecule has 6 heteroatoms. The zero-order valence-electron chi connectivity index (χ0n) is 15.8. The van der Waals surface area contributed by atoms with E-state index in [2.05, 4.69) is 15.6 Å². The number of rotatable bonds is 9. The van der Waals surface area contributed by atoms with Crippen LogP contribution in [-0.2, 0) is 11.3 Å². The second-order valence-corrected chi connectivity index (χ2v) is 5.98. The molecule has 1 heterocycles. The van der Waals surface area contributed by atoms with E-state index in [4.69, 9.17) is 9.47 Å². The molecule has 6 nitrogen and oxygen atoms in total. The number of nitrogens with one attached hydrogen (secondary N) is 2. The summed E-state index contributed by atoms with van der Waals surface area (Å²) in [6.07, 6.45) is 3.36. The first-order chi connectivity index (χ1) is 12.6. The molecule has 0 fully saturated rings. The van der Waals surface area contributed by atoms with Crippen molar-refractivity contribution in [2.75, 3.05) is 24.9 Å². The summed E-state index contributed by atoms with van der Waals surface area (Å²) in [5, 5.41) is 6.17. The van der Waals surface area contributed by atoms with Gasteiger partial charge in [0.15, 0.2) is 11.5 Å². The zero-order chi connectivity index (χ0) is 18.9. The highest BCUT2D eigenvalue weighted by atomic mass is 16.5. The summed E-state index contributed by atoms with van der Waals surface area (Å²) in [7, 11) is 3.23. The van der Waals surface area contributed by atoms with E-state index in [-0.39, 0.29) is 11.8 Å². The van der Waals surface area contributed by atoms with E-state index in [1.807, 2.05) is 38.1 Å². The molecule has 2 N–H and O–H groups in total. The Balaban J connectivity index is 1.94. The normalized spacial score (nSPS) is 10.5. The van der Waals surface area contributed by atoms with Crippen molar-refractivity contribution in [2.24, 2.45) is 5.92 Å². The second-order valence-electron chi connectivity index (χ2n) is 5.98. The van der Waals surface area contributed by atoms with Crippen LogP contribution < -0.4 is 20.1 Å². The van der Waals surface area contributed by atoms with Crippen molar-refractivity contribution >= 4 is 17.4 Å². The van der Waals surface area contributed by atoms with Crippen LogP contribution in [0.1, 0.15) is 32.3 Å². The molecule has 2 rings (SSSR count). The Morgan fingerprint density at radius 2 is 1.81 bits per heavy atom. The van der Waals surface area contributed by atoms with Gasteiger partial charge in [0.2, 0.25) is 5.91 Å². The largest absolute Gasteiger partial charge is 0.493 e. The Kier molecular flexibility index (Phi) is 7.26. The smallest absolute Gasteiger partial charge is 0.228 e. The van der Waals surface area contributed by atoms with Crippen LogP contribution in [0, 0.1) is 5.92 Å². The molecule has 140 valence electrons. The minimum absolute atomic E-state index is 0.0218. The van der Waals surface area contributed by atoms with Gasteiger partial charge in [-0.1, -0.05) is 19.9 Å². The van der Waals surface area contributed by atoms with Gasteiger partial charge in [-0.2, -0.15) is 0 Å². The van der Waals surface area contributed by atoms with E-state index < -0.39 is 0 Å². The number of hydrogen-bond donors (Lipinski definition) is 2. The van der Waals surface area contributed by atoms with Gasteiger partial charge in [-0.05, 0) is 42.7 Å². The van der Waals surface area contributed by atoms with Crippen molar-refractivity contribution in [1.29, 1.82) is 0 Å². The van der Waals surface area contributed by atoms with Crippen LogP contribution in [0.3, 0.4) is 0 Å². The van der Waals surface area contributed by atoms with Gasteiger partial charge in [-0.3, -0.25) is 4.79 Å². The number of benzene rings is 1. The Hall–Kier alpha value is -2.76. The highest BCUT2D eigenvalue weighted by Gasteiger charge is 2.14. The van der Waals surface area contributed by atoms with Gasteiger partial charge in [0.05, 0.1) is 26.1 Å². The minimum atomic E-state index is 0.0218. The molecule has 0 saturated heterocycles. The fourth-order valence-electron chi connectivity index (χ4n) is 2.65. The van der Waals surface area contributed by atoms with Gasteiger partial charge in [0.1, 0.15) is 5.82 Å². The van der Waals surface area contributed by atoms with Gasteiger partial charge >= 0.3 is 0 Å². The SMILES string of the molecule is CCC(CC)C(=O)Nc1ccc(NCc2ccc(OC)c(OC)c2)cn1. The lowest BCUT2D eigenvalue weighted by Crippen LogP contribution is -2.22. The molecule has 1 amide bonds. The Morgan fingerprint density at radius 3 is 2.38 bits per heavy atom.